The van der Waals surface area contributed by atoms with Gasteiger partial charge < -0.3 is 16.8 Å². The molecule has 34 heavy (non-hydrogen) atoms. The van der Waals surface area contributed by atoms with Crippen molar-refractivity contribution in [3.05, 3.63) is 66.0 Å². The number of nitrogens with one attached hydrogen (secondary N) is 2. The van der Waals surface area contributed by atoms with E-state index < -0.39 is 39.7 Å². The van der Waals surface area contributed by atoms with Crippen LogP contribution in [0.15, 0.2) is 64.5 Å². The van der Waals surface area contributed by atoms with Gasteiger partial charge in [0, 0.05) is 13.0 Å². The first-order valence-corrected chi connectivity index (χ1v) is 12.1. The number of guanidine groups is 1. The molecule has 0 aliphatic rings. The van der Waals surface area contributed by atoms with E-state index in [2.05, 4.69) is 15.0 Å². The highest BCUT2D eigenvalue weighted by atomic mass is 32.2. The lowest BCUT2D eigenvalue weighted by molar-refractivity contribution is -0.508. The van der Waals surface area contributed by atoms with Crippen molar-refractivity contribution in [3.8, 4) is 0 Å². The molecule has 2 amide bonds. The molecule has 2 rings (SSSR count). The number of nitrogens with two attached hydrogens (primary N) is 3. The zero-order valence-electron chi connectivity index (χ0n) is 18.8. The number of amides is 2. The second-order valence-electron chi connectivity index (χ2n) is 7.52. The average Bonchev–Trinajstić information content (AvgIpc) is 2.81. The number of rotatable bonds is 12. The number of hydrogen-bond acceptors (Lipinski definition) is 5. The second kappa shape index (κ2) is 12.8. The zero-order valence-corrected chi connectivity index (χ0v) is 19.6. The van der Waals surface area contributed by atoms with E-state index in [0.717, 1.165) is 29.8 Å². The van der Waals surface area contributed by atoms with Crippen molar-refractivity contribution < 1.29 is 27.7 Å². The van der Waals surface area contributed by atoms with Crippen LogP contribution in [0.25, 0.3) is 0 Å². The monoisotopic (exact) mass is 493 g/mol. The highest BCUT2D eigenvalue weighted by Crippen LogP contribution is 2.12. The molecule has 0 aromatic heterocycles. The van der Waals surface area contributed by atoms with Crippen LogP contribution in [0, 0.1) is 5.82 Å². The summed E-state index contributed by atoms with van der Waals surface area (Å²) in [4.78, 5) is 28.9. The van der Waals surface area contributed by atoms with Crippen molar-refractivity contribution in [2.45, 2.75) is 36.2 Å². The Morgan fingerprint density at radius 1 is 1.06 bits per heavy atom. The van der Waals surface area contributed by atoms with Gasteiger partial charge in [0.2, 0.25) is 21.8 Å². The van der Waals surface area contributed by atoms with Crippen molar-refractivity contribution in [1.29, 1.82) is 0 Å². The predicted octanol–water partition coefficient (Wildman–Crippen LogP) is -1.03. The molecule has 0 bridgehead atoms. The highest BCUT2D eigenvalue weighted by molar-refractivity contribution is 7.89. The van der Waals surface area contributed by atoms with E-state index in [4.69, 9.17) is 11.5 Å². The number of benzene rings is 2. The van der Waals surface area contributed by atoms with E-state index in [-0.39, 0.29) is 24.3 Å². The maximum Gasteiger partial charge on any atom is 0.291 e. The summed E-state index contributed by atoms with van der Waals surface area (Å²) in [5, 5.41) is 4.16. The average molecular weight is 494 g/mol. The van der Waals surface area contributed by atoms with Crippen LogP contribution in [-0.4, -0.2) is 51.9 Å². The van der Waals surface area contributed by atoms with Gasteiger partial charge >= 0.3 is 0 Å². The van der Waals surface area contributed by atoms with Crippen LogP contribution in [0.1, 0.15) is 18.4 Å². The van der Waals surface area contributed by atoms with Gasteiger partial charge in [0.05, 0.1) is 11.9 Å². The minimum Gasteiger partial charge on any atom is -0.368 e. The van der Waals surface area contributed by atoms with E-state index in [9.17, 15) is 22.4 Å². The van der Waals surface area contributed by atoms with Crippen molar-refractivity contribution in [2.75, 3.05) is 13.6 Å². The molecular formula is C22H30FN6O4S+. The maximum atomic E-state index is 13.2. The molecular weight excluding hydrogens is 463 g/mol. The number of primary amides is 1. The Kier molecular flexibility index (Phi) is 10.1. The quantitative estimate of drug-likeness (QED) is 0.144. The molecule has 0 aliphatic heterocycles. The minimum atomic E-state index is -4.15. The third-order valence-electron chi connectivity index (χ3n) is 4.92. The molecule has 0 saturated carbocycles. The van der Waals surface area contributed by atoms with Gasteiger partial charge in [0.15, 0.2) is 0 Å². The summed E-state index contributed by atoms with van der Waals surface area (Å²) >= 11 is 0. The topological polar surface area (TPSA) is 173 Å². The second-order valence-corrected chi connectivity index (χ2v) is 9.23. The first kappa shape index (κ1) is 26.9. The number of sulfonamides is 1. The molecule has 2 aromatic carbocycles. The van der Waals surface area contributed by atoms with Crippen LogP contribution in [0.4, 0.5) is 4.39 Å². The summed E-state index contributed by atoms with van der Waals surface area (Å²) in [6.07, 6.45) is 0.550. The lowest BCUT2D eigenvalue weighted by Gasteiger charge is -2.22. The Morgan fingerprint density at radius 2 is 1.71 bits per heavy atom. The van der Waals surface area contributed by atoms with Crippen LogP contribution < -0.4 is 26.8 Å². The number of halogens is 1. The number of hydrogen-bond donors (Lipinski definition) is 5. The number of quaternary nitrogens is 1. The molecule has 2 atom stereocenters. The highest BCUT2D eigenvalue weighted by Gasteiger charge is 2.28. The third kappa shape index (κ3) is 8.54. The summed E-state index contributed by atoms with van der Waals surface area (Å²) in [6, 6.07) is 10.9. The predicted molar refractivity (Wildman–Crippen MR) is 125 cm³/mol. The van der Waals surface area contributed by atoms with Crippen LogP contribution in [0.5, 0.6) is 0 Å². The van der Waals surface area contributed by atoms with Gasteiger partial charge in [0.1, 0.15) is 17.9 Å². The van der Waals surface area contributed by atoms with Crippen LogP contribution >= 0.6 is 0 Å². The number of carbonyl (C=O) groups is 2. The lowest BCUT2D eigenvalue weighted by Crippen LogP contribution is -2.86. The first-order chi connectivity index (χ1) is 16.1. The molecule has 0 radical (unpaired) electrons. The fourth-order valence-corrected chi connectivity index (χ4v) is 4.28. The fraction of sp³-hybridized carbons (Fsp3) is 0.318. The largest absolute Gasteiger partial charge is 0.368 e. The smallest absolute Gasteiger partial charge is 0.291 e. The van der Waals surface area contributed by atoms with Crippen molar-refractivity contribution >= 4 is 27.8 Å². The normalized spacial score (nSPS) is 13.8. The molecule has 0 heterocycles. The number of aliphatic imine (C=N–C) groups is 1. The summed E-state index contributed by atoms with van der Waals surface area (Å²) in [5.74, 6) is -1.75. The molecule has 10 nitrogen and oxygen atoms in total. The Balaban J connectivity index is 2.19. The van der Waals surface area contributed by atoms with Crippen LogP contribution in [0.3, 0.4) is 0 Å². The number of nitrogens with zero attached hydrogens (tertiary/aromatic N) is 1. The molecule has 184 valence electrons. The van der Waals surface area contributed by atoms with Gasteiger partial charge in [-0.25, -0.2) is 17.8 Å². The maximum absolute atomic E-state index is 13.2. The van der Waals surface area contributed by atoms with Crippen LogP contribution in [0.2, 0.25) is 0 Å². The summed E-state index contributed by atoms with van der Waals surface area (Å²) < 4.78 is 41.1. The Labute approximate surface area is 198 Å². The van der Waals surface area contributed by atoms with E-state index in [1.807, 2.05) is 6.07 Å². The van der Waals surface area contributed by atoms with E-state index in [0.29, 0.717) is 12.4 Å². The zero-order chi connectivity index (χ0) is 25.1. The molecule has 2 unspecified atom stereocenters. The van der Waals surface area contributed by atoms with E-state index in [1.165, 1.54) is 0 Å². The van der Waals surface area contributed by atoms with E-state index >= 15 is 0 Å². The molecule has 8 N–H and O–H groups in total. The number of carbonyl (C=O) groups excluding carboxylic acids is 2. The Hall–Kier alpha value is -3.35. The minimum absolute atomic E-state index is 0.0730. The van der Waals surface area contributed by atoms with Gasteiger partial charge in [-0.3, -0.25) is 14.9 Å². The van der Waals surface area contributed by atoms with Gasteiger partial charge in [-0.05, 0) is 42.7 Å². The Bertz CT molecular complexity index is 1090. The molecule has 2 aromatic rings. The summed E-state index contributed by atoms with van der Waals surface area (Å²) in [6.45, 7) is 0.265. The Morgan fingerprint density at radius 3 is 2.29 bits per heavy atom. The van der Waals surface area contributed by atoms with Gasteiger partial charge in [-0.15, -0.1) is 0 Å². The fourth-order valence-electron chi connectivity index (χ4n) is 3.05. The molecule has 0 spiro atoms. The van der Waals surface area contributed by atoms with Gasteiger partial charge in [-0.2, -0.15) is 4.72 Å². The van der Waals surface area contributed by atoms with Crippen molar-refractivity contribution in [1.82, 2.24) is 10.0 Å². The third-order valence-corrected chi connectivity index (χ3v) is 6.41. The SMILES string of the molecule is C[NH2+]C(N)=NCCCC(NS(=O)(=O)c1ccc(F)cc1)C(=O)NC(Cc1ccccc1)C(N)=O. The molecule has 0 saturated heterocycles. The summed E-state index contributed by atoms with van der Waals surface area (Å²) in [7, 11) is -2.43. The molecule has 12 heteroatoms. The lowest BCUT2D eigenvalue weighted by atomic mass is 10.0. The first-order valence-electron chi connectivity index (χ1n) is 10.6. The standard InChI is InChI=1S/C22H29FN6O4S/c1-26-22(25)27-13-5-8-18(29-34(32,33)17-11-9-16(23)10-12-17)21(31)28-19(20(24)30)14-15-6-3-2-4-7-15/h2-4,6-7,9-12,18-19,29H,5,8,13-14H2,1H3,(H2,24,30)(H,28,31)(H3,25,26,27)/p+1. The van der Waals surface area contributed by atoms with Crippen LogP contribution in [-0.2, 0) is 26.0 Å². The van der Waals surface area contributed by atoms with Gasteiger partial charge in [-0.1, -0.05) is 30.3 Å². The van der Waals surface area contributed by atoms with Crippen molar-refractivity contribution in [3.63, 3.8) is 0 Å². The van der Waals surface area contributed by atoms with E-state index in [1.54, 1.807) is 36.6 Å². The molecule has 0 aliphatic carbocycles. The van der Waals surface area contributed by atoms with Gasteiger partial charge in [0.25, 0.3) is 5.96 Å². The molecule has 0 fully saturated rings. The van der Waals surface area contributed by atoms with Crippen molar-refractivity contribution in [2.24, 2.45) is 16.5 Å². The summed E-state index contributed by atoms with van der Waals surface area (Å²) in [5.41, 5.74) is 11.9.